The number of ether oxygens (including phenoxy) is 5. The number of hydrogen-bond donors (Lipinski definition) is 1. The summed E-state index contributed by atoms with van der Waals surface area (Å²) < 4.78 is 25.7. The predicted octanol–water partition coefficient (Wildman–Crippen LogP) is 0.671. The van der Waals surface area contributed by atoms with E-state index < -0.39 is 65.4 Å². The van der Waals surface area contributed by atoms with Crippen LogP contribution in [0.5, 0.6) is 0 Å². The third-order valence-electron chi connectivity index (χ3n) is 4.56. The third kappa shape index (κ3) is 6.86. The fraction of sp³-hybridized carbons (Fsp3) is 0.450. The SMILES string of the molecule is COC(=O)[C@H]1O[C@@H](NC(=O)c2ccc([N+](=O)[O-])cc2Cl)[C@H](OC(C)=O)[C@@H](OC(C)=O)[C@@H]1OC(C)=O. The van der Waals surface area contributed by atoms with Gasteiger partial charge in [0.05, 0.1) is 22.6 Å². The topological polar surface area (TPSA) is 187 Å². The number of methoxy groups -OCH3 is 1. The maximum atomic E-state index is 12.9. The molecule has 1 aliphatic heterocycles. The van der Waals surface area contributed by atoms with Crippen LogP contribution in [0.4, 0.5) is 5.69 Å². The molecule has 1 amide bonds. The number of benzene rings is 1. The molecule has 14 nitrogen and oxygen atoms in total. The molecule has 0 unspecified atom stereocenters. The first kappa shape index (κ1) is 27.5. The summed E-state index contributed by atoms with van der Waals surface area (Å²) in [7, 11) is 1.01. The number of carbonyl (C=O) groups excluding carboxylic acids is 5. The van der Waals surface area contributed by atoms with Gasteiger partial charge in [-0.1, -0.05) is 11.6 Å². The van der Waals surface area contributed by atoms with Gasteiger partial charge in [0.25, 0.3) is 11.6 Å². The molecule has 1 fully saturated rings. The summed E-state index contributed by atoms with van der Waals surface area (Å²) in [6.45, 7) is 3.05. The third-order valence-corrected chi connectivity index (χ3v) is 4.87. The molecule has 0 aliphatic carbocycles. The van der Waals surface area contributed by atoms with E-state index in [4.69, 9.17) is 30.5 Å². The lowest BCUT2D eigenvalue weighted by molar-refractivity contribution is -0.384. The number of nitro benzene ring substituents is 1. The minimum Gasteiger partial charge on any atom is -0.467 e. The van der Waals surface area contributed by atoms with Crippen LogP contribution in [-0.2, 0) is 42.9 Å². The molecule has 1 aromatic rings. The number of halogens is 1. The van der Waals surface area contributed by atoms with Gasteiger partial charge in [0, 0.05) is 32.9 Å². The minimum absolute atomic E-state index is 0.219. The van der Waals surface area contributed by atoms with Crippen molar-refractivity contribution in [2.45, 2.75) is 51.4 Å². The highest BCUT2D eigenvalue weighted by Gasteiger charge is 2.55. The summed E-state index contributed by atoms with van der Waals surface area (Å²) in [6.07, 6.45) is -8.15. The Morgan fingerprint density at radius 1 is 0.971 bits per heavy atom. The molecule has 1 aliphatic rings. The van der Waals surface area contributed by atoms with Crippen molar-refractivity contribution in [1.29, 1.82) is 0 Å². The highest BCUT2D eigenvalue weighted by Crippen LogP contribution is 2.29. The molecule has 35 heavy (non-hydrogen) atoms. The number of non-ortho nitro benzene ring substituents is 1. The van der Waals surface area contributed by atoms with Gasteiger partial charge in [0.15, 0.2) is 30.6 Å². The van der Waals surface area contributed by atoms with Gasteiger partial charge in [-0.25, -0.2) is 4.79 Å². The van der Waals surface area contributed by atoms with Gasteiger partial charge in [0.2, 0.25) is 0 Å². The van der Waals surface area contributed by atoms with Gasteiger partial charge < -0.3 is 29.0 Å². The molecule has 5 atom stereocenters. The number of carbonyl (C=O) groups is 5. The molecule has 1 heterocycles. The second-order valence-corrected chi connectivity index (χ2v) is 7.52. The van der Waals surface area contributed by atoms with Crippen molar-refractivity contribution in [2.24, 2.45) is 0 Å². The standard InChI is InChI=1S/C20H21ClN2O12/c1-8(24)32-14-15(33-9(2)25)17(20(28)31-4)35-19(16(14)34-10(3)26)22-18(27)12-6-5-11(23(29)30)7-13(12)21/h5-7,14-17,19H,1-4H3,(H,22,27)/t14-,15-,16+,17-,19+/m0/s1. The highest BCUT2D eigenvalue weighted by atomic mass is 35.5. The number of rotatable bonds is 7. The van der Waals surface area contributed by atoms with Crippen molar-refractivity contribution in [3.63, 3.8) is 0 Å². The van der Waals surface area contributed by atoms with Crippen LogP contribution in [0.2, 0.25) is 5.02 Å². The number of nitrogens with zero attached hydrogens (tertiary/aromatic N) is 1. The molecule has 2 rings (SSSR count). The first-order valence-corrected chi connectivity index (χ1v) is 10.2. The fourth-order valence-corrected chi connectivity index (χ4v) is 3.50. The van der Waals surface area contributed by atoms with E-state index in [9.17, 15) is 34.1 Å². The van der Waals surface area contributed by atoms with Gasteiger partial charge in [-0.15, -0.1) is 0 Å². The first-order valence-electron chi connectivity index (χ1n) is 9.85. The summed E-state index contributed by atoms with van der Waals surface area (Å²) in [4.78, 5) is 70.7. The van der Waals surface area contributed by atoms with E-state index in [0.29, 0.717) is 0 Å². The van der Waals surface area contributed by atoms with Crippen LogP contribution in [0, 0.1) is 10.1 Å². The van der Waals surface area contributed by atoms with Gasteiger partial charge >= 0.3 is 23.9 Å². The van der Waals surface area contributed by atoms with Crippen molar-refractivity contribution < 1.29 is 52.6 Å². The zero-order valence-corrected chi connectivity index (χ0v) is 19.6. The number of nitrogens with one attached hydrogen (secondary N) is 1. The predicted molar refractivity (Wildman–Crippen MR) is 113 cm³/mol. The van der Waals surface area contributed by atoms with Crippen LogP contribution < -0.4 is 5.32 Å². The van der Waals surface area contributed by atoms with Gasteiger partial charge in [-0.3, -0.25) is 29.3 Å². The summed E-state index contributed by atoms with van der Waals surface area (Å²) in [5, 5.41) is 13.0. The molecule has 1 saturated heterocycles. The Bertz CT molecular complexity index is 1040. The lowest BCUT2D eigenvalue weighted by Gasteiger charge is -2.43. The molecule has 0 bridgehead atoms. The van der Waals surface area contributed by atoms with E-state index >= 15 is 0 Å². The zero-order valence-electron chi connectivity index (χ0n) is 18.8. The molecule has 0 aromatic heterocycles. The van der Waals surface area contributed by atoms with Crippen LogP contribution in [-0.4, -0.2) is 72.5 Å². The molecule has 0 spiro atoms. The molecular weight excluding hydrogens is 496 g/mol. The average molecular weight is 517 g/mol. The second kappa shape index (κ2) is 11.6. The molecule has 15 heteroatoms. The van der Waals surface area contributed by atoms with Crippen molar-refractivity contribution in [3.05, 3.63) is 38.9 Å². The monoisotopic (exact) mass is 516 g/mol. The van der Waals surface area contributed by atoms with Gasteiger partial charge in [-0.2, -0.15) is 0 Å². The zero-order chi connectivity index (χ0) is 26.4. The first-order chi connectivity index (χ1) is 16.3. The van der Waals surface area contributed by atoms with Crippen LogP contribution in [0.15, 0.2) is 18.2 Å². The summed E-state index contributed by atoms with van der Waals surface area (Å²) in [5.41, 5.74) is -0.591. The fourth-order valence-electron chi connectivity index (χ4n) is 3.24. The molecule has 0 radical (unpaired) electrons. The number of hydrogen-bond acceptors (Lipinski definition) is 12. The van der Waals surface area contributed by atoms with E-state index in [1.165, 1.54) is 0 Å². The Kier molecular flexibility index (Phi) is 9.08. The largest absolute Gasteiger partial charge is 0.467 e. The molecule has 190 valence electrons. The maximum absolute atomic E-state index is 12.9. The van der Waals surface area contributed by atoms with Crippen molar-refractivity contribution >= 4 is 47.1 Å². The number of nitro groups is 1. The van der Waals surface area contributed by atoms with Crippen molar-refractivity contribution in [1.82, 2.24) is 5.32 Å². The number of amides is 1. The normalized spacial score (nSPS) is 23.4. The van der Waals surface area contributed by atoms with E-state index in [1.54, 1.807) is 0 Å². The van der Waals surface area contributed by atoms with Crippen molar-refractivity contribution in [2.75, 3.05) is 7.11 Å². The lowest BCUT2D eigenvalue weighted by atomic mass is 9.96. The lowest BCUT2D eigenvalue weighted by Crippen LogP contribution is -2.67. The van der Waals surface area contributed by atoms with E-state index in [2.05, 4.69) is 10.1 Å². The average Bonchev–Trinajstić information content (AvgIpc) is 2.75. The van der Waals surface area contributed by atoms with E-state index in [0.717, 1.165) is 46.1 Å². The Balaban J connectivity index is 2.49. The van der Waals surface area contributed by atoms with Gasteiger partial charge in [-0.05, 0) is 6.07 Å². The van der Waals surface area contributed by atoms with Crippen LogP contribution in [0.1, 0.15) is 31.1 Å². The summed E-state index contributed by atoms with van der Waals surface area (Å²) in [5.74, 6) is -4.66. The molecule has 0 saturated carbocycles. The van der Waals surface area contributed by atoms with Crippen molar-refractivity contribution in [3.8, 4) is 0 Å². The Labute approximate surface area is 202 Å². The molecule has 1 aromatic carbocycles. The van der Waals surface area contributed by atoms with Crippen LogP contribution in [0.3, 0.4) is 0 Å². The van der Waals surface area contributed by atoms with Gasteiger partial charge in [0.1, 0.15) is 0 Å². The quantitative estimate of drug-likeness (QED) is 0.231. The smallest absolute Gasteiger partial charge is 0.339 e. The van der Waals surface area contributed by atoms with E-state index in [1.807, 2.05) is 0 Å². The maximum Gasteiger partial charge on any atom is 0.339 e. The summed E-state index contributed by atoms with van der Waals surface area (Å²) >= 11 is 5.99. The Morgan fingerprint density at radius 3 is 2.00 bits per heavy atom. The Hall–Kier alpha value is -3.78. The summed E-state index contributed by atoms with van der Waals surface area (Å²) in [6, 6.07) is 3.04. The minimum atomic E-state index is -1.71. The van der Waals surface area contributed by atoms with E-state index in [-0.39, 0.29) is 16.3 Å². The Morgan fingerprint density at radius 2 is 1.51 bits per heavy atom. The highest BCUT2D eigenvalue weighted by molar-refractivity contribution is 6.34. The van der Waals surface area contributed by atoms with Crippen LogP contribution in [0.25, 0.3) is 0 Å². The second-order valence-electron chi connectivity index (χ2n) is 7.12. The number of esters is 4. The van der Waals surface area contributed by atoms with Crippen LogP contribution >= 0.6 is 11.6 Å². The molecular formula is C20H21ClN2O12. The molecule has 1 N–H and O–H groups in total.